The van der Waals surface area contributed by atoms with Crippen molar-refractivity contribution in [1.29, 1.82) is 0 Å². The first-order valence-electron chi connectivity index (χ1n) is 8.57. The van der Waals surface area contributed by atoms with Crippen molar-refractivity contribution in [2.75, 3.05) is 20.0 Å². The Kier molecular flexibility index (Phi) is 1.33. The van der Waals surface area contributed by atoms with Gasteiger partial charge in [-0.25, -0.2) is 0 Å². The summed E-state index contributed by atoms with van der Waals surface area (Å²) in [6.07, 6.45) is 0.899. The smallest absolute Gasteiger partial charge is 0.498 e. The Hall–Kier alpha value is -0.675. The first-order valence-corrected chi connectivity index (χ1v) is 5.07. The fraction of sp³-hybridized carbons (Fsp3) is 0.818. The highest BCUT2D eigenvalue weighted by Gasteiger charge is 2.53. The molecule has 90 valence electrons. The molecule has 0 amide bonds. The van der Waals surface area contributed by atoms with E-state index in [1.807, 2.05) is 0 Å². The summed E-state index contributed by atoms with van der Waals surface area (Å²) in [4.78, 5) is 0.323. The lowest BCUT2D eigenvalue weighted by atomic mass is 9.86. The lowest BCUT2D eigenvalue weighted by Crippen LogP contribution is -2.41. The first kappa shape index (κ1) is 5.78. The van der Waals surface area contributed by atoms with E-state index in [4.69, 9.17) is 23.6 Å². The van der Waals surface area contributed by atoms with Gasteiger partial charge in [0.05, 0.1) is 23.2 Å². The van der Waals surface area contributed by atoms with Crippen LogP contribution in [-0.4, -0.2) is 43.3 Å². The molecule has 0 aromatic heterocycles. The Labute approximate surface area is 108 Å². The molecule has 0 unspecified atom stereocenters. The molecule has 2 aliphatic heterocycles. The highest BCUT2D eigenvalue weighted by molar-refractivity contribution is 6.53. The van der Waals surface area contributed by atoms with Crippen molar-refractivity contribution in [2.45, 2.75) is 38.9 Å². The predicted octanol–water partition coefficient (Wildman–Crippen LogP) is 1.42. The van der Waals surface area contributed by atoms with Crippen LogP contribution in [0, 0.1) is 0 Å². The molecule has 0 aromatic carbocycles. The second kappa shape index (κ2) is 3.67. The van der Waals surface area contributed by atoms with Crippen molar-refractivity contribution in [3.05, 3.63) is 11.9 Å². The Bertz CT molecular complexity index is 516. The van der Waals surface area contributed by atoms with Gasteiger partial charge in [0.15, 0.2) is 0 Å². The molecule has 0 spiro atoms. The van der Waals surface area contributed by atoms with Crippen LogP contribution in [0.2, 0.25) is 0 Å². The summed E-state index contributed by atoms with van der Waals surface area (Å²) in [7, 11) is -1.13. The van der Waals surface area contributed by atoms with E-state index >= 15 is 0 Å². The maximum absolute atomic E-state index is 7.76. The molecule has 1 fully saturated rings. The third-order valence-corrected chi connectivity index (χ3v) is 3.08. The number of rotatable bonds is 1. The molecule has 16 heavy (non-hydrogen) atoms. The van der Waals surface area contributed by atoms with Gasteiger partial charge in [-0.2, -0.15) is 0 Å². The van der Waals surface area contributed by atoms with Gasteiger partial charge in [0.25, 0.3) is 0 Å². The maximum Gasteiger partial charge on any atom is 0.533 e. The van der Waals surface area contributed by atoms with Crippen LogP contribution in [0.4, 0.5) is 0 Å². The second-order valence-corrected chi connectivity index (χ2v) is 4.81. The van der Waals surface area contributed by atoms with E-state index in [1.165, 1.54) is 0 Å². The summed E-state index contributed by atoms with van der Waals surface area (Å²) in [5.41, 5.74) is -1.67. The average molecular weight is 232 g/mol. The number of hydrogen-bond acceptors (Lipinski definition) is 4. The van der Waals surface area contributed by atoms with Gasteiger partial charge in [0.1, 0.15) is 12.2 Å². The Morgan fingerprint density at radius 2 is 2.00 bits per heavy atom. The minimum atomic E-state index is -2.89. The first-order chi connectivity index (χ1) is 10.0. The third kappa shape index (κ3) is 1.94. The standard InChI is InChI=1S/C11H20BNO3/c1-10(2)11(3,4)16-12(15-10)9-8-13(5)6-7-14-9/h8H,6-7H2,1-5H3/i5D3,6D2,7D2. The van der Waals surface area contributed by atoms with E-state index in [0.29, 0.717) is 4.90 Å². The minimum absolute atomic E-state index is 0.222. The van der Waals surface area contributed by atoms with Crippen molar-refractivity contribution in [3.63, 3.8) is 0 Å². The summed E-state index contributed by atoms with van der Waals surface area (Å²) in [5, 5.41) is 0. The lowest BCUT2D eigenvalue weighted by Gasteiger charge is -2.32. The zero-order chi connectivity index (χ0) is 18.1. The monoisotopic (exact) mass is 232 g/mol. The summed E-state index contributed by atoms with van der Waals surface area (Å²) < 4.78 is 69.9. The van der Waals surface area contributed by atoms with Crippen LogP contribution in [0.3, 0.4) is 0 Å². The Morgan fingerprint density at radius 1 is 1.38 bits per heavy atom. The number of ether oxygens (including phenoxy) is 1. The zero-order valence-corrected chi connectivity index (χ0v) is 9.83. The fourth-order valence-electron chi connectivity index (χ4n) is 1.38. The van der Waals surface area contributed by atoms with Gasteiger partial charge in [-0.05, 0) is 27.7 Å². The van der Waals surface area contributed by atoms with Gasteiger partial charge in [-0.3, -0.25) is 0 Å². The minimum Gasteiger partial charge on any atom is -0.498 e. The van der Waals surface area contributed by atoms with Crippen LogP contribution < -0.4 is 0 Å². The summed E-state index contributed by atoms with van der Waals surface area (Å²) in [6, 6.07) is 0. The van der Waals surface area contributed by atoms with Crippen molar-refractivity contribution in [1.82, 2.24) is 4.90 Å². The van der Waals surface area contributed by atoms with E-state index in [9.17, 15) is 0 Å². The highest BCUT2D eigenvalue weighted by atomic mass is 16.7. The van der Waals surface area contributed by atoms with E-state index in [1.54, 1.807) is 27.7 Å². The van der Waals surface area contributed by atoms with Gasteiger partial charge >= 0.3 is 7.12 Å². The summed E-state index contributed by atoms with van der Waals surface area (Å²) in [5.74, 6) is 0. The van der Waals surface area contributed by atoms with E-state index in [2.05, 4.69) is 0 Å². The van der Waals surface area contributed by atoms with Crippen molar-refractivity contribution in [2.24, 2.45) is 0 Å². The molecular formula is C11H20BNO3. The molecule has 0 atom stereocenters. The molecule has 1 saturated heterocycles. The number of nitrogens with zero attached hydrogens (tertiary/aromatic N) is 1. The third-order valence-electron chi connectivity index (χ3n) is 3.08. The lowest BCUT2D eigenvalue weighted by molar-refractivity contribution is 0.00578. The van der Waals surface area contributed by atoms with Gasteiger partial charge in [-0.1, -0.05) is 0 Å². The van der Waals surface area contributed by atoms with Crippen LogP contribution in [0.5, 0.6) is 0 Å². The SMILES string of the molecule is [2H]C([2H])([2H])N1C=C(B2OC(C)(C)C(C)(C)O2)OC([2H])([2H])C1([2H])[2H]. The number of likely N-dealkylation sites (N-methyl/N-ethyl adjacent to an activating group) is 1. The normalized spacial score (nSPS) is 41.2. The number of hydrogen-bond donors (Lipinski definition) is 0. The van der Waals surface area contributed by atoms with Crippen LogP contribution in [-0.2, 0) is 14.0 Å². The van der Waals surface area contributed by atoms with E-state index in [-0.39, 0.29) is 5.66 Å². The van der Waals surface area contributed by atoms with Crippen molar-refractivity contribution in [3.8, 4) is 0 Å². The fourth-order valence-corrected chi connectivity index (χ4v) is 1.38. The molecule has 0 bridgehead atoms. The largest absolute Gasteiger partial charge is 0.533 e. The van der Waals surface area contributed by atoms with Crippen LogP contribution in [0.1, 0.15) is 37.3 Å². The Balaban J connectivity index is 2.43. The van der Waals surface area contributed by atoms with Gasteiger partial charge in [-0.15, -0.1) is 0 Å². The molecule has 0 N–H and O–H groups in total. The predicted molar refractivity (Wildman–Crippen MR) is 62.7 cm³/mol. The molecule has 4 nitrogen and oxygen atoms in total. The van der Waals surface area contributed by atoms with Crippen molar-refractivity contribution >= 4 is 7.12 Å². The zero-order valence-electron chi connectivity index (χ0n) is 16.8. The van der Waals surface area contributed by atoms with Gasteiger partial charge < -0.3 is 18.9 Å². The van der Waals surface area contributed by atoms with Crippen LogP contribution in [0.25, 0.3) is 0 Å². The van der Waals surface area contributed by atoms with Crippen LogP contribution in [0.15, 0.2) is 11.9 Å². The topological polar surface area (TPSA) is 30.9 Å². The maximum atomic E-state index is 7.76. The summed E-state index contributed by atoms with van der Waals surface area (Å²) >= 11 is 0. The molecule has 2 aliphatic rings. The van der Waals surface area contributed by atoms with Crippen molar-refractivity contribution < 1.29 is 23.6 Å². The molecular weight excluding hydrogens is 205 g/mol. The molecule has 5 heteroatoms. The molecule has 0 radical (unpaired) electrons. The van der Waals surface area contributed by atoms with E-state index < -0.39 is 38.4 Å². The highest BCUT2D eigenvalue weighted by Crippen LogP contribution is 2.38. The molecule has 2 rings (SSSR count). The average Bonchev–Trinajstić information content (AvgIpc) is 2.50. The molecule has 2 heterocycles. The van der Waals surface area contributed by atoms with Gasteiger partial charge in [0.2, 0.25) is 0 Å². The second-order valence-electron chi connectivity index (χ2n) is 4.81. The quantitative estimate of drug-likeness (QED) is 0.640. The van der Waals surface area contributed by atoms with Gasteiger partial charge in [0, 0.05) is 17.3 Å². The molecule has 0 aliphatic carbocycles. The molecule has 0 aromatic rings. The van der Waals surface area contributed by atoms with Crippen LogP contribution >= 0.6 is 0 Å². The van der Waals surface area contributed by atoms with E-state index in [0.717, 1.165) is 6.20 Å². The summed E-state index contributed by atoms with van der Waals surface area (Å²) in [6.45, 7) is -1.54. The Morgan fingerprint density at radius 3 is 2.56 bits per heavy atom. The molecule has 0 saturated carbocycles.